The van der Waals surface area contributed by atoms with Crippen LogP contribution in [0.5, 0.6) is 17.2 Å². The van der Waals surface area contributed by atoms with Crippen LogP contribution in [-0.2, 0) is 17.6 Å². The number of rotatable bonds is 12. The summed E-state index contributed by atoms with van der Waals surface area (Å²) in [5.74, 6) is 0.977. The maximum atomic E-state index is 13.8. The minimum Gasteiger partial charge on any atom is -0.496 e. The highest BCUT2D eigenvalue weighted by atomic mass is 35.5. The third-order valence-electron chi connectivity index (χ3n) is 7.73. The fourth-order valence-electron chi connectivity index (χ4n) is 5.65. The topological polar surface area (TPSA) is 119 Å². The van der Waals surface area contributed by atoms with E-state index in [0.29, 0.717) is 51.3 Å². The Morgan fingerprint density at radius 1 is 0.935 bits per heavy atom. The quantitative estimate of drug-likeness (QED) is 0.103. The van der Waals surface area contributed by atoms with Gasteiger partial charge in [-0.3, -0.25) is 4.79 Å². The van der Waals surface area contributed by atoms with Crippen LogP contribution < -0.4 is 19.5 Å². The third-order valence-corrected chi connectivity index (χ3v) is 8.04. The van der Waals surface area contributed by atoms with Crippen LogP contribution in [0.4, 0.5) is 4.79 Å². The number of carbonyl (C=O) groups excluding carboxylic acids is 1. The van der Waals surface area contributed by atoms with Gasteiger partial charge in [0.05, 0.1) is 37.1 Å². The SMILES string of the molecule is COc1cccc(OC)c1-c1ccc(C(=O)NC2(OC(=O)O)Cc3ccccc3C2)nc1-c1ccc(Cl)c(OCCCN(C)C)c1. The van der Waals surface area contributed by atoms with Crippen molar-refractivity contribution in [2.24, 2.45) is 0 Å². The lowest BCUT2D eigenvalue weighted by Crippen LogP contribution is -2.52. The molecule has 1 aliphatic carbocycles. The Hall–Kier alpha value is -4.80. The average molecular weight is 646 g/mol. The lowest BCUT2D eigenvalue weighted by Gasteiger charge is -2.28. The molecule has 0 radical (unpaired) electrons. The molecule has 0 saturated carbocycles. The number of methoxy groups -OCH3 is 2. The Kier molecular flexibility index (Phi) is 9.99. The molecule has 1 aromatic heterocycles. The van der Waals surface area contributed by atoms with Crippen molar-refractivity contribution in [1.82, 2.24) is 15.2 Å². The van der Waals surface area contributed by atoms with Gasteiger partial charge in [-0.1, -0.05) is 48.0 Å². The molecule has 2 N–H and O–H groups in total. The highest BCUT2D eigenvalue weighted by molar-refractivity contribution is 6.32. The number of nitrogens with zero attached hydrogens (tertiary/aromatic N) is 2. The van der Waals surface area contributed by atoms with Crippen molar-refractivity contribution in [2.75, 3.05) is 41.5 Å². The molecule has 4 aromatic rings. The average Bonchev–Trinajstić information content (AvgIpc) is 3.39. The largest absolute Gasteiger partial charge is 0.507 e. The maximum absolute atomic E-state index is 13.8. The van der Waals surface area contributed by atoms with E-state index >= 15 is 0 Å². The predicted molar refractivity (Wildman–Crippen MR) is 175 cm³/mol. The van der Waals surface area contributed by atoms with Gasteiger partial charge < -0.3 is 34.3 Å². The van der Waals surface area contributed by atoms with Gasteiger partial charge >= 0.3 is 6.16 Å². The Balaban J connectivity index is 1.57. The summed E-state index contributed by atoms with van der Waals surface area (Å²) in [7, 11) is 7.13. The second kappa shape index (κ2) is 14.1. The maximum Gasteiger partial charge on any atom is 0.507 e. The molecule has 46 heavy (non-hydrogen) atoms. The van der Waals surface area contributed by atoms with Gasteiger partial charge in [-0.2, -0.15) is 0 Å². The van der Waals surface area contributed by atoms with E-state index in [1.165, 1.54) is 0 Å². The van der Waals surface area contributed by atoms with Crippen molar-refractivity contribution in [2.45, 2.75) is 25.0 Å². The molecule has 3 aromatic carbocycles. The molecule has 1 aliphatic rings. The van der Waals surface area contributed by atoms with Crippen molar-refractivity contribution in [3.8, 4) is 39.6 Å². The highest BCUT2D eigenvalue weighted by Gasteiger charge is 2.43. The van der Waals surface area contributed by atoms with E-state index in [1.54, 1.807) is 44.6 Å². The van der Waals surface area contributed by atoms with Crippen molar-refractivity contribution >= 4 is 23.7 Å². The summed E-state index contributed by atoms with van der Waals surface area (Å²) in [6.07, 6.45) is -0.304. The Bertz CT molecular complexity index is 1700. The zero-order valence-electron chi connectivity index (χ0n) is 26.1. The molecule has 0 atom stereocenters. The Labute approximate surface area is 272 Å². The summed E-state index contributed by atoms with van der Waals surface area (Å²) >= 11 is 6.53. The zero-order valence-corrected chi connectivity index (χ0v) is 26.9. The number of carbonyl (C=O) groups is 2. The van der Waals surface area contributed by atoms with Gasteiger partial charge in [0, 0.05) is 30.5 Å². The first kappa shape index (κ1) is 32.6. The standard InChI is InChI=1S/C35H36ClN3O7/c1-39(2)17-8-18-45-30-19-22(13-15-26(30)36)32-25(31-28(43-3)11-7-12-29(31)44-4)14-16-27(37-32)33(40)38-35(46-34(41)42)20-23-9-5-6-10-24(23)21-35/h5-7,9-16,19H,8,17-18,20-21H2,1-4H3,(H,38,40)(H,41,42). The Morgan fingerprint density at radius 3 is 2.22 bits per heavy atom. The van der Waals surface area contributed by atoms with Crippen LogP contribution in [0.1, 0.15) is 28.0 Å². The van der Waals surface area contributed by atoms with Crippen LogP contribution in [0.25, 0.3) is 22.4 Å². The number of benzene rings is 3. The summed E-state index contributed by atoms with van der Waals surface area (Å²) in [6.45, 7) is 1.31. The zero-order chi connectivity index (χ0) is 32.8. The van der Waals surface area contributed by atoms with E-state index in [9.17, 15) is 14.7 Å². The monoisotopic (exact) mass is 645 g/mol. The molecule has 1 amide bonds. The number of carboxylic acid groups (broad SMARTS) is 1. The first-order valence-electron chi connectivity index (χ1n) is 14.7. The van der Waals surface area contributed by atoms with Gasteiger partial charge in [0.1, 0.15) is 22.9 Å². The second-order valence-electron chi connectivity index (χ2n) is 11.2. The predicted octanol–water partition coefficient (Wildman–Crippen LogP) is 6.34. The van der Waals surface area contributed by atoms with Crippen LogP contribution in [-0.4, -0.2) is 74.2 Å². The van der Waals surface area contributed by atoms with Crippen molar-refractivity contribution < 1.29 is 33.6 Å². The van der Waals surface area contributed by atoms with E-state index in [1.807, 2.05) is 56.6 Å². The summed E-state index contributed by atoms with van der Waals surface area (Å²) in [5, 5.41) is 12.8. The molecule has 11 heteroatoms. The van der Waals surface area contributed by atoms with Gasteiger partial charge in [-0.25, -0.2) is 9.78 Å². The van der Waals surface area contributed by atoms with E-state index in [2.05, 4.69) is 10.2 Å². The molecule has 0 aliphatic heterocycles. The molecule has 0 spiro atoms. The van der Waals surface area contributed by atoms with Crippen molar-refractivity contribution in [3.63, 3.8) is 0 Å². The van der Waals surface area contributed by atoms with Crippen LogP contribution in [0.3, 0.4) is 0 Å². The first-order chi connectivity index (χ1) is 22.1. The van der Waals surface area contributed by atoms with Gasteiger partial charge in [0.2, 0.25) is 0 Å². The molecule has 0 unspecified atom stereocenters. The van der Waals surface area contributed by atoms with Crippen molar-refractivity contribution in [3.05, 3.63) is 94.6 Å². The normalized spacial score (nSPS) is 13.2. The smallest absolute Gasteiger partial charge is 0.496 e. The lowest BCUT2D eigenvalue weighted by atomic mass is 9.96. The van der Waals surface area contributed by atoms with Crippen molar-refractivity contribution in [1.29, 1.82) is 0 Å². The van der Waals surface area contributed by atoms with E-state index in [0.717, 1.165) is 24.1 Å². The molecule has 1 heterocycles. The molecular formula is C35H36ClN3O7. The summed E-state index contributed by atoms with van der Waals surface area (Å²) < 4.78 is 22.8. The summed E-state index contributed by atoms with van der Waals surface area (Å²) in [6, 6.07) is 21.6. The third kappa shape index (κ3) is 7.19. The van der Waals surface area contributed by atoms with Gasteiger partial charge in [-0.15, -0.1) is 0 Å². The van der Waals surface area contributed by atoms with Crippen LogP contribution in [0.2, 0.25) is 5.02 Å². The fraction of sp³-hybridized carbons (Fsp3) is 0.286. The molecule has 5 rings (SSSR count). The minimum atomic E-state index is -1.49. The number of hydrogen-bond donors (Lipinski definition) is 2. The van der Waals surface area contributed by atoms with Crippen LogP contribution in [0.15, 0.2) is 72.8 Å². The number of ether oxygens (including phenoxy) is 4. The fourth-order valence-corrected chi connectivity index (χ4v) is 5.82. The number of pyridine rings is 1. The van der Waals surface area contributed by atoms with Gasteiger partial charge in [0.15, 0.2) is 5.72 Å². The lowest BCUT2D eigenvalue weighted by molar-refractivity contribution is -0.0300. The molecule has 0 saturated heterocycles. The minimum absolute atomic E-state index is 0.0559. The van der Waals surface area contributed by atoms with Crippen LogP contribution >= 0.6 is 11.6 Å². The second-order valence-corrected chi connectivity index (χ2v) is 11.6. The van der Waals surface area contributed by atoms with Gasteiger partial charge in [0.25, 0.3) is 5.91 Å². The summed E-state index contributed by atoms with van der Waals surface area (Å²) in [5.41, 5.74) is 2.72. The molecular weight excluding hydrogens is 610 g/mol. The van der Waals surface area contributed by atoms with E-state index in [-0.39, 0.29) is 18.5 Å². The number of halogens is 1. The molecule has 0 fully saturated rings. The number of aromatic nitrogens is 1. The molecule has 10 nitrogen and oxygen atoms in total. The first-order valence-corrected chi connectivity index (χ1v) is 15.1. The molecule has 0 bridgehead atoms. The van der Waals surface area contributed by atoms with Gasteiger partial charge in [-0.05, 0) is 68.0 Å². The van der Waals surface area contributed by atoms with E-state index < -0.39 is 17.8 Å². The molecule has 240 valence electrons. The summed E-state index contributed by atoms with van der Waals surface area (Å²) in [4.78, 5) is 32.5. The number of fused-ring (bicyclic) bond motifs is 1. The Morgan fingerprint density at radius 2 is 1.61 bits per heavy atom. The highest BCUT2D eigenvalue weighted by Crippen LogP contribution is 2.43. The van der Waals surface area contributed by atoms with Crippen LogP contribution in [0, 0.1) is 0 Å². The van der Waals surface area contributed by atoms with E-state index in [4.69, 9.17) is 35.5 Å². The number of hydrogen-bond acceptors (Lipinski definition) is 8. The number of amides is 1. The number of nitrogens with one attached hydrogen (secondary N) is 1.